The van der Waals surface area contributed by atoms with Crippen LogP contribution in [0.1, 0.15) is 46.1 Å². The molecule has 1 saturated heterocycles. The molecular formula is C27H37ClN2O. The molecule has 0 N–H and O–H groups in total. The second kappa shape index (κ2) is 9.34. The van der Waals surface area contributed by atoms with E-state index in [0.29, 0.717) is 11.9 Å². The Hall–Kier alpha value is -1.84. The SMILES string of the molecule is CC1(C)C(C(=O)N(c2ccccc2)C2CCN(CCc3ccccc3)CC2)C1(C)C.Cl. The van der Waals surface area contributed by atoms with Crippen molar-refractivity contribution in [1.82, 2.24) is 4.90 Å². The van der Waals surface area contributed by atoms with Crippen LogP contribution >= 0.6 is 12.4 Å². The highest BCUT2D eigenvalue weighted by atomic mass is 35.5. The van der Waals surface area contributed by atoms with Crippen LogP contribution in [0.2, 0.25) is 0 Å². The molecule has 1 saturated carbocycles. The smallest absolute Gasteiger partial charge is 0.231 e. The summed E-state index contributed by atoms with van der Waals surface area (Å²) in [6, 6.07) is 21.3. The number of carbonyl (C=O) groups is 1. The van der Waals surface area contributed by atoms with Crippen molar-refractivity contribution in [2.75, 3.05) is 24.5 Å². The molecule has 3 nitrogen and oxygen atoms in total. The highest BCUT2D eigenvalue weighted by molar-refractivity contribution is 5.98. The summed E-state index contributed by atoms with van der Waals surface area (Å²) in [5.74, 6) is 0.417. The average Bonchev–Trinajstić information content (AvgIpc) is 3.17. The molecule has 1 heterocycles. The van der Waals surface area contributed by atoms with Crippen molar-refractivity contribution < 1.29 is 4.79 Å². The average molecular weight is 441 g/mol. The Morgan fingerprint density at radius 2 is 1.42 bits per heavy atom. The van der Waals surface area contributed by atoms with E-state index in [0.717, 1.165) is 44.6 Å². The fourth-order valence-electron chi connectivity index (χ4n) is 5.39. The number of piperidine rings is 1. The van der Waals surface area contributed by atoms with Gasteiger partial charge in [0.1, 0.15) is 0 Å². The Morgan fingerprint density at radius 1 is 0.903 bits per heavy atom. The van der Waals surface area contributed by atoms with Gasteiger partial charge in [0.15, 0.2) is 0 Å². The van der Waals surface area contributed by atoms with Gasteiger partial charge in [-0.15, -0.1) is 12.4 Å². The van der Waals surface area contributed by atoms with Crippen molar-refractivity contribution in [3.8, 4) is 0 Å². The number of hydrogen-bond acceptors (Lipinski definition) is 2. The van der Waals surface area contributed by atoms with Gasteiger partial charge in [0.2, 0.25) is 5.91 Å². The molecule has 2 aliphatic rings. The summed E-state index contributed by atoms with van der Waals surface area (Å²) in [5.41, 5.74) is 2.59. The van der Waals surface area contributed by atoms with Crippen LogP contribution in [-0.4, -0.2) is 36.5 Å². The minimum absolute atomic E-state index is 0. The number of amides is 1. The predicted molar refractivity (Wildman–Crippen MR) is 132 cm³/mol. The molecule has 0 spiro atoms. The van der Waals surface area contributed by atoms with Crippen LogP contribution in [0.15, 0.2) is 60.7 Å². The van der Waals surface area contributed by atoms with Crippen molar-refractivity contribution in [2.24, 2.45) is 16.7 Å². The van der Waals surface area contributed by atoms with Crippen LogP contribution in [0, 0.1) is 16.7 Å². The normalized spacial score (nSPS) is 20.6. The Morgan fingerprint density at radius 3 is 1.94 bits per heavy atom. The van der Waals surface area contributed by atoms with E-state index in [-0.39, 0.29) is 29.2 Å². The Bertz CT molecular complexity index is 843. The van der Waals surface area contributed by atoms with E-state index >= 15 is 0 Å². The first-order valence-electron chi connectivity index (χ1n) is 11.5. The van der Waals surface area contributed by atoms with Crippen LogP contribution in [0.4, 0.5) is 5.69 Å². The van der Waals surface area contributed by atoms with Crippen molar-refractivity contribution in [1.29, 1.82) is 0 Å². The number of carbonyl (C=O) groups excluding carboxylic acids is 1. The lowest BCUT2D eigenvalue weighted by Gasteiger charge is -2.39. The molecule has 4 rings (SSSR count). The minimum atomic E-state index is 0. The van der Waals surface area contributed by atoms with Crippen molar-refractivity contribution >= 4 is 24.0 Å². The molecule has 2 aromatic carbocycles. The zero-order valence-electron chi connectivity index (χ0n) is 19.4. The van der Waals surface area contributed by atoms with E-state index in [9.17, 15) is 4.79 Å². The predicted octanol–water partition coefficient (Wildman–Crippen LogP) is 5.83. The maximum absolute atomic E-state index is 13.7. The van der Waals surface area contributed by atoms with Crippen LogP contribution in [-0.2, 0) is 11.2 Å². The lowest BCUT2D eigenvalue weighted by Crippen LogP contribution is -2.49. The van der Waals surface area contributed by atoms with Gasteiger partial charge in [-0.05, 0) is 47.8 Å². The number of anilines is 1. The highest BCUT2D eigenvalue weighted by Crippen LogP contribution is 2.69. The van der Waals surface area contributed by atoms with Gasteiger partial charge in [-0.1, -0.05) is 76.2 Å². The molecule has 0 radical (unpaired) electrons. The van der Waals surface area contributed by atoms with Crippen LogP contribution in [0.3, 0.4) is 0 Å². The number of para-hydroxylation sites is 1. The summed E-state index contributed by atoms with van der Waals surface area (Å²) in [5, 5.41) is 0. The van der Waals surface area contributed by atoms with Gasteiger partial charge < -0.3 is 9.80 Å². The van der Waals surface area contributed by atoms with Gasteiger partial charge in [-0.3, -0.25) is 4.79 Å². The standard InChI is InChI=1S/C27H36N2O.ClH/c1-26(2)24(27(26,3)4)25(30)29(22-13-9-6-10-14-22)23-16-19-28(20-17-23)18-15-21-11-7-5-8-12-21;/h5-14,23-24H,15-20H2,1-4H3;1H. The van der Waals surface area contributed by atoms with Gasteiger partial charge >= 0.3 is 0 Å². The van der Waals surface area contributed by atoms with Gasteiger partial charge in [0.25, 0.3) is 0 Å². The molecule has 4 heteroatoms. The number of hydrogen-bond donors (Lipinski definition) is 0. The van der Waals surface area contributed by atoms with Gasteiger partial charge in [-0.2, -0.15) is 0 Å². The molecule has 0 aromatic heterocycles. The van der Waals surface area contributed by atoms with Crippen LogP contribution < -0.4 is 4.90 Å². The number of rotatable bonds is 6. The summed E-state index contributed by atoms with van der Waals surface area (Å²) < 4.78 is 0. The van der Waals surface area contributed by atoms with Gasteiger partial charge in [0.05, 0.1) is 0 Å². The third kappa shape index (κ3) is 4.68. The minimum Gasteiger partial charge on any atom is -0.309 e. The molecule has 0 bridgehead atoms. The quantitative estimate of drug-likeness (QED) is 0.564. The number of nitrogens with zero attached hydrogens (tertiary/aromatic N) is 2. The molecular weight excluding hydrogens is 404 g/mol. The Balaban J connectivity index is 0.00000272. The molecule has 0 unspecified atom stereocenters. The molecule has 1 aliphatic heterocycles. The van der Waals surface area contributed by atoms with Gasteiger partial charge in [0, 0.05) is 37.3 Å². The summed E-state index contributed by atoms with van der Waals surface area (Å²) in [4.78, 5) is 18.4. The molecule has 1 aliphatic carbocycles. The van der Waals surface area contributed by atoms with Crippen LogP contribution in [0.5, 0.6) is 0 Å². The largest absolute Gasteiger partial charge is 0.309 e. The van der Waals surface area contributed by atoms with E-state index in [1.165, 1.54) is 5.56 Å². The van der Waals surface area contributed by atoms with E-state index in [1.807, 2.05) is 18.2 Å². The first kappa shape index (κ1) is 23.8. The van der Waals surface area contributed by atoms with Crippen molar-refractivity contribution in [3.05, 3.63) is 66.2 Å². The highest BCUT2D eigenvalue weighted by Gasteiger charge is 2.69. The summed E-state index contributed by atoms with van der Waals surface area (Å²) in [7, 11) is 0. The number of benzene rings is 2. The molecule has 0 atom stereocenters. The molecule has 31 heavy (non-hydrogen) atoms. The summed E-state index contributed by atoms with van der Waals surface area (Å²) in [6.45, 7) is 12.2. The summed E-state index contributed by atoms with van der Waals surface area (Å²) >= 11 is 0. The second-order valence-corrected chi connectivity index (χ2v) is 10.2. The fourth-order valence-corrected chi connectivity index (χ4v) is 5.39. The first-order valence-corrected chi connectivity index (χ1v) is 11.5. The lowest BCUT2D eigenvalue weighted by atomic mass is 9.99. The van der Waals surface area contributed by atoms with Crippen LogP contribution in [0.25, 0.3) is 0 Å². The number of halogens is 1. The van der Waals surface area contributed by atoms with E-state index < -0.39 is 0 Å². The zero-order valence-corrected chi connectivity index (χ0v) is 20.2. The topological polar surface area (TPSA) is 23.6 Å². The molecule has 168 valence electrons. The zero-order chi connectivity index (χ0) is 21.4. The second-order valence-electron chi connectivity index (χ2n) is 10.2. The lowest BCUT2D eigenvalue weighted by molar-refractivity contribution is -0.121. The Kier molecular flexibility index (Phi) is 7.18. The van der Waals surface area contributed by atoms with E-state index in [1.54, 1.807) is 0 Å². The maximum atomic E-state index is 13.7. The van der Waals surface area contributed by atoms with Crippen molar-refractivity contribution in [2.45, 2.75) is 53.0 Å². The fraction of sp³-hybridized carbons (Fsp3) is 0.519. The summed E-state index contributed by atoms with van der Waals surface area (Å²) in [6.07, 6.45) is 3.18. The third-order valence-electron chi connectivity index (χ3n) is 8.02. The Labute approximate surface area is 194 Å². The number of likely N-dealkylation sites (tertiary alicyclic amines) is 1. The molecule has 1 amide bonds. The molecule has 2 fully saturated rings. The van der Waals surface area contributed by atoms with Gasteiger partial charge in [-0.25, -0.2) is 0 Å². The first-order chi connectivity index (χ1) is 14.3. The van der Waals surface area contributed by atoms with E-state index in [2.05, 4.69) is 80.0 Å². The van der Waals surface area contributed by atoms with E-state index in [4.69, 9.17) is 0 Å². The maximum Gasteiger partial charge on any atom is 0.231 e. The van der Waals surface area contributed by atoms with Crippen molar-refractivity contribution in [3.63, 3.8) is 0 Å². The monoisotopic (exact) mass is 440 g/mol. The molecule has 2 aromatic rings. The third-order valence-corrected chi connectivity index (χ3v) is 8.02.